The van der Waals surface area contributed by atoms with Gasteiger partial charge in [-0.15, -0.1) is 0 Å². The van der Waals surface area contributed by atoms with E-state index in [9.17, 15) is 9.59 Å². The number of nitrogens with one attached hydrogen (secondary N) is 1. The summed E-state index contributed by atoms with van der Waals surface area (Å²) in [6.45, 7) is 0. The monoisotopic (exact) mass is 211 g/mol. The molecule has 2 fully saturated rings. The van der Waals surface area contributed by atoms with Gasteiger partial charge >= 0.3 is 5.97 Å². The number of esters is 1. The molecule has 0 aromatic rings. The molecule has 1 amide bonds. The summed E-state index contributed by atoms with van der Waals surface area (Å²) in [7, 11) is 1.37. The van der Waals surface area contributed by atoms with E-state index in [-0.39, 0.29) is 17.8 Å². The number of amides is 1. The predicted molar refractivity (Wildman–Crippen MR) is 54.0 cm³/mol. The van der Waals surface area contributed by atoms with Gasteiger partial charge in [-0.05, 0) is 25.2 Å². The van der Waals surface area contributed by atoms with Crippen molar-refractivity contribution in [2.75, 3.05) is 7.11 Å². The first-order valence-corrected chi connectivity index (χ1v) is 5.59. The Morgan fingerprint density at radius 2 is 2.00 bits per heavy atom. The van der Waals surface area contributed by atoms with E-state index >= 15 is 0 Å². The highest BCUT2D eigenvalue weighted by Crippen LogP contribution is 2.34. The van der Waals surface area contributed by atoms with Gasteiger partial charge in [0.05, 0.1) is 7.11 Å². The maximum atomic E-state index is 11.5. The van der Waals surface area contributed by atoms with Crippen LogP contribution in [0.15, 0.2) is 0 Å². The minimum atomic E-state index is -0.421. The van der Waals surface area contributed by atoms with Crippen LogP contribution in [0.25, 0.3) is 0 Å². The summed E-state index contributed by atoms with van der Waals surface area (Å²) in [5.74, 6) is 0.465. The molecule has 0 aliphatic heterocycles. The molecule has 1 N–H and O–H groups in total. The highest BCUT2D eigenvalue weighted by atomic mass is 16.5. The Morgan fingerprint density at radius 1 is 1.33 bits per heavy atom. The summed E-state index contributed by atoms with van der Waals surface area (Å²) in [6.07, 6.45) is 5.01. The third kappa shape index (κ3) is 2.94. The summed E-state index contributed by atoms with van der Waals surface area (Å²) < 4.78 is 4.69. The minimum Gasteiger partial charge on any atom is -0.467 e. The average Bonchev–Trinajstić information content (AvgIpc) is 3.05. The molecule has 0 spiro atoms. The molecule has 15 heavy (non-hydrogen) atoms. The number of methoxy groups -OCH3 is 1. The number of carbonyl (C=O) groups is 2. The van der Waals surface area contributed by atoms with Crippen molar-refractivity contribution in [3.8, 4) is 0 Å². The van der Waals surface area contributed by atoms with Crippen molar-refractivity contribution in [3.05, 3.63) is 0 Å². The van der Waals surface area contributed by atoms with E-state index in [0.717, 1.165) is 19.3 Å². The van der Waals surface area contributed by atoms with Gasteiger partial charge in [0, 0.05) is 5.92 Å². The van der Waals surface area contributed by atoms with Crippen molar-refractivity contribution < 1.29 is 14.3 Å². The van der Waals surface area contributed by atoms with E-state index in [1.165, 1.54) is 20.0 Å². The molecule has 0 radical (unpaired) electrons. The van der Waals surface area contributed by atoms with Crippen molar-refractivity contribution >= 4 is 11.9 Å². The minimum absolute atomic E-state index is 0.0195. The molecule has 0 saturated heterocycles. The standard InChI is InChI=1S/C11H17NO3/c1-15-11(14)9(6-7-2-3-7)12-10(13)8-4-5-8/h7-9H,2-6H2,1H3,(H,12,13)/t9-/m1/s1. The fraction of sp³-hybridized carbons (Fsp3) is 0.818. The van der Waals surface area contributed by atoms with Crippen LogP contribution < -0.4 is 5.32 Å². The van der Waals surface area contributed by atoms with E-state index in [1.807, 2.05) is 0 Å². The molecule has 4 heteroatoms. The van der Waals surface area contributed by atoms with Crippen molar-refractivity contribution in [3.63, 3.8) is 0 Å². The number of rotatable bonds is 5. The second kappa shape index (κ2) is 4.21. The summed E-state index contributed by atoms with van der Waals surface area (Å²) in [6, 6.07) is -0.421. The number of carbonyl (C=O) groups excluding carboxylic acids is 2. The van der Waals surface area contributed by atoms with Gasteiger partial charge in [-0.25, -0.2) is 4.79 Å². The molecule has 2 aliphatic carbocycles. The molecular formula is C11H17NO3. The maximum Gasteiger partial charge on any atom is 0.328 e. The van der Waals surface area contributed by atoms with Gasteiger partial charge in [0.15, 0.2) is 0 Å². The fourth-order valence-corrected chi connectivity index (χ4v) is 1.68. The van der Waals surface area contributed by atoms with Crippen LogP contribution in [0.4, 0.5) is 0 Å². The molecule has 1 atom stereocenters. The average molecular weight is 211 g/mol. The van der Waals surface area contributed by atoms with Crippen LogP contribution >= 0.6 is 0 Å². The number of hydrogen-bond donors (Lipinski definition) is 1. The molecule has 0 unspecified atom stereocenters. The topological polar surface area (TPSA) is 55.4 Å². The predicted octanol–water partition coefficient (Wildman–Crippen LogP) is 0.854. The van der Waals surface area contributed by atoms with Crippen molar-refractivity contribution in [2.24, 2.45) is 11.8 Å². The van der Waals surface area contributed by atoms with Crippen LogP contribution in [0.3, 0.4) is 0 Å². The molecule has 2 rings (SSSR count). The molecule has 0 aromatic heterocycles. The number of ether oxygens (including phenoxy) is 1. The lowest BCUT2D eigenvalue weighted by atomic mass is 10.1. The Kier molecular flexibility index (Phi) is 2.93. The van der Waals surface area contributed by atoms with Gasteiger partial charge in [-0.2, -0.15) is 0 Å². The zero-order valence-electron chi connectivity index (χ0n) is 8.99. The zero-order valence-corrected chi connectivity index (χ0v) is 8.99. The largest absolute Gasteiger partial charge is 0.467 e. The molecular weight excluding hydrogens is 194 g/mol. The molecule has 2 aliphatic rings. The lowest BCUT2D eigenvalue weighted by Gasteiger charge is -2.15. The van der Waals surface area contributed by atoms with Crippen LogP contribution in [-0.4, -0.2) is 25.0 Å². The first-order valence-electron chi connectivity index (χ1n) is 5.59. The zero-order chi connectivity index (χ0) is 10.8. The number of hydrogen-bond acceptors (Lipinski definition) is 3. The summed E-state index contributed by atoms with van der Waals surface area (Å²) in [5, 5.41) is 2.79. The summed E-state index contributed by atoms with van der Waals surface area (Å²) in [5.41, 5.74) is 0. The van der Waals surface area contributed by atoms with Gasteiger partial charge in [-0.1, -0.05) is 12.8 Å². The maximum absolute atomic E-state index is 11.5. The van der Waals surface area contributed by atoms with Crippen LogP contribution in [0.2, 0.25) is 0 Å². The third-order valence-electron chi connectivity index (χ3n) is 3.02. The van der Waals surface area contributed by atoms with Crippen LogP contribution in [0, 0.1) is 11.8 Å². The van der Waals surface area contributed by atoms with Gasteiger partial charge in [-0.3, -0.25) is 4.79 Å². The first kappa shape index (κ1) is 10.5. The van der Waals surface area contributed by atoms with Crippen molar-refractivity contribution in [1.29, 1.82) is 0 Å². The van der Waals surface area contributed by atoms with Crippen LogP contribution in [-0.2, 0) is 14.3 Å². The molecule has 2 saturated carbocycles. The smallest absolute Gasteiger partial charge is 0.328 e. The Labute approximate surface area is 89.4 Å². The van der Waals surface area contributed by atoms with E-state index in [0.29, 0.717) is 5.92 Å². The second-order valence-corrected chi connectivity index (χ2v) is 4.54. The summed E-state index contributed by atoms with van der Waals surface area (Å²) in [4.78, 5) is 22.9. The lowest BCUT2D eigenvalue weighted by Crippen LogP contribution is -2.42. The van der Waals surface area contributed by atoms with Crippen LogP contribution in [0.1, 0.15) is 32.1 Å². The van der Waals surface area contributed by atoms with Gasteiger partial charge in [0.1, 0.15) is 6.04 Å². The first-order chi connectivity index (χ1) is 7.20. The van der Waals surface area contributed by atoms with Crippen molar-refractivity contribution in [1.82, 2.24) is 5.32 Å². The quantitative estimate of drug-likeness (QED) is 0.686. The SMILES string of the molecule is COC(=O)[C@@H](CC1CC1)NC(=O)C1CC1. The van der Waals surface area contributed by atoms with Crippen molar-refractivity contribution in [2.45, 2.75) is 38.1 Å². The highest BCUT2D eigenvalue weighted by Gasteiger charge is 2.35. The van der Waals surface area contributed by atoms with Gasteiger partial charge in [0.2, 0.25) is 5.91 Å². The molecule has 0 bridgehead atoms. The molecule has 0 aromatic carbocycles. The van der Waals surface area contributed by atoms with E-state index in [1.54, 1.807) is 0 Å². The van der Waals surface area contributed by atoms with E-state index in [2.05, 4.69) is 10.1 Å². The molecule has 4 nitrogen and oxygen atoms in total. The Balaban J connectivity index is 1.84. The summed E-state index contributed by atoms with van der Waals surface area (Å²) >= 11 is 0. The lowest BCUT2D eigenvalue weighted by molar-refractivity contribution is -0.145. The second-order valence-electron chi connectivity index (χ2n) is 4.54. The Morgan fingerprint density at radius 3 is 2.47 bits per heavy atom. The normalized spacial score (nSPS) is 21.9. The molecule has 0 heterocycles. The van der Waals surface area contributed by atoms with Gasteiger partial charge < -0.3 is 10.1 Å². The van der Waals surface area contributed by atoms with E-state index in [4.69, 9.17) is 0 Å². The Bertz CT molecular complexity index is 269. The van der Waals surface area contributed by atoms with Crippen LogP contribution in [0.5, 0.6) is 0 Å². The van der Waals surface area contributed by atoms with E-state index < -0.39 is 6.04 Å². The molecule has 84 valence electrons. The highest BCUT2D eigenvalue weighted by molar-refractivity contribution is 5.86. The third-order valence-corrected chi connectivity index (χ3v) is 3.02. The Hall–Kier alpha value is -1.06. The fourth-order valence-electron chi connectivity index (χ4n) is 1.68. The van der Waals surface area contributed by atoms with Gasteiger partial charge in [0.25, 0.3) is 0 Å².